The number of halogens is 1. The molecule has 1 fully saturated rings. The molecule has 1 atom stereocenters. The standard InChI is InChI=1S/C12H16BrN3O2/c1-8-10(13)2-3-11(15-8)16-12(17)6-9-7-14-4-5-18-9/h2-3,9,14H,4-7H2,1H3,(H,15,16,17). The fourth-order valence-electron chi connectivity index (χ4n) is 1.77. The van der Waals surface area contributed by atoms with Gasteiger partial charge in [-0.3, -0.25) is 4.79 Å². The molecule has 0 bridgehead atoms. The van der Waals surface area contributed by atoms with Gasteiger partial charge in [0.15, 0.2) is 0 Å². The first-order valence-corrected chi connectivity index (χ1v) is 6.70. The topological polar surface area (TPSA) is 63.2 Å². The Hall–Kier alpha value is -0.980. The molecule has 0 saturated carbocycles. The lowest BCUT2D eigenvalue weighted by atomic mass is 10.2. The Labute approximate surface area is 114 Å². The van der Waals surface area contributed by atoms with Crippen molar-refractivity contribution in [2.45, 2.75) is 19.4 Å². The van der Waals surface area contributed by atoms with E-state index >= 15 is 0 Å². The molecule has 0 spiro atoms. The molecular weight excluding hydrogens is 298 g/mol. The van der Waals surface area contributed by atoms with Gasteiger partial charge in [0.05, 0.1) is 24.8 Å². The van der Waals surface area contributed by atoms with Crippen LogP contribution in [0.2, 0.25) is 0 Å². The highest BCUT2D eigenvalue weighted by Gasteiger charge is 2.17. The van der Waals surface area contributed by atoms with E-state index in [0.717, 1.165) is 23.3 Å². The van der Waals surface area contributed by atoms with Crippen molar-refractivity contribution in [3.8, 4) is 0 Å². The highest BCUT2D eigenvalue weighted by molar-refractivity contribution is 9.10. The molecule has 98 valence electrons. The average Bonchev–Trinajstić information content (AvgIpc) is 2.35. The minimum absolute atomic E-state index is 0.0460. The number of aromatic nitrogens is 1. The van der Waals surface area contributed by atoms with E-state index in [0.29, 0.717) is 18.8 Å². The number of pyridine rings is 1. The van der Waals surface area contributed by atoms with E-state index in [1.165, 1.54) is 0 Å². The number of carbonyl (C=O) groups excluding carboxylic acids is 1. The fraction of sp³-hybridized carbons (Fsp3) is 0.500. The Morgan fingerprint density at radius 1 is 1.67 bits per heavy atom. The van der Waals surface area contributed by atoms with Crippen molar-refractivity contribution >= 4 is 27.7 Å². The summed E-state index contributed by atoms with van der Waals surface area (Å²) in [5.41, 5.74) is 0.850. The van der Waals surface area contributed by atoms with Crippen molar-refractivity contribution in [2.75, 3.05) is 25.0 Å². The van der Waals surface area contributed by atoms with Gasteiger partial charge in [-0.2, -0.15) is 0 Å². The number of carbonyl (C=O) groups is 1. The van der Waals surface area contributed by atoms with Crippen molar-refractivity contribution in [3.05, 3.63) is 22.3 Å². The smallest absolute Gasteiger partial charge is 0.228 e. The van der Waals surface area contributed by atoms with Crippen LogP contribution >= 0.6 is 15.9 Å². The Kier molecular flexibility index (Phi) is 4.68. The molecule has 2 heterocycles. The Balaban J connectivity index is 1.88. The maximum Gasteiger partial charge on any atom is 0.228 e. The number of morpholine rings is 1. The van der Waals surface area contributed by atoms with E-state index in [9.17, 15) is 4.79 Å². The van der Waals surface area contributed by atoms with Crippen LogP contribution in [0.1, 0.15) is 12.1 Å². The summed E-state index contributed by atoms with van der Waals surface area (Å²) >= 11 is 3.37. The molecule has 1 aromatic rings. The summed E-state index contributed by atoms with van der Waals surface area (Å²) in [6.45, 7) is 4.12. The third kappa shape index (κ3) is 3.76. The molecule has 1 aliphatic rings. The van der Waals surface area contributed by atoms with Gasteiger partial charge in [0.2, 0.25) is 5.91 Å². The number of amides is 1. The Morgan fingerprint density at radius 3 is 3.17 bits per heavy atom. The molecule has 1 unspecified atom stereocenters. The van der Waals surface area contributed by atoms with Crippen LogP contribution in [-0.2, 0) is 9.53 Å². The van der Waals surface area contributed by atoms with E-state index < -0.39 is 0 Å². The molecule has 0 aliphatic carbocycles. The van der Waals surface area contributed by atoms with E-state index in [1.807, 2.05) is 13.0 Å². The van der Waals surface area contributed by atoms with Crippen LogP contribution < -0.4 is 10.6 Å². The predicted octanol–water partition coefficient (Wildman–Crippen LogP) is 1.47. The van der Waals surface area contributed by atoms with Gasteiger partial charge in [0, 0.05) is 17.6 Å². The van der Waals surface area contributed by atoms with Gasteiger partial charge in [-0.05, 0) is 35.0 Å². The summed E-state index contributed by atoms with van der Waals surface area (Å²) in [6, 6.07) is 3.64. The lowest BCUT2D eigenvalue weighted by Crippen LogP contribution is -2.40. The zero-order chi connectivity index (χ0) is 13.0. The third-order valence-electron chi connectivity index (χ3n) is 2.71. The summed E-state index contributed by atoms with van der Waals surface area (Å²) in [4.78, 5) is 16.1. The Morgan fingerprint density at radius 2 is 2.50 bits per heavy atom. The second-order valence-corrected chi connectivity index (χ2v) is 5.07. The van der Waals surface area contributed by atoms with Crippen LogP contribution in [0, 0.1) is 6.92 Å². The number of aryl methyl sites for hydroxylation is 1. The van der Waals surface area contributed by atoms with Gasteiger partial charge in [0.25, 0.3) is 0 Å². The summed E-state index contributed by atoms with van der Waals surface area (Å²) in [6.07, 6.45) is 0.305. The van der Waals surface area contributed by atoms with Crippen LogP contribution in [0.3, 0.4) is 0 Å². The molecule has 1 aliphatic heterocycles. The van der Waals surface area contributed by atoms with Crippen molar-refractivity contribution in [3.63, 3.8) is 0 Å². The lowest BCUT2D eigenvalue weighted by Gasteiger charge is -2.22. The van der Waals surface area contributed by atoms with Gasteiger partial charge < -0.3 is 15.4 Å². The molecule has 18 heavy (non-hydrogen) atoms. The third-order valence-corrected chi connectivity index (χ3v) is 3.54. The maximum atomic E-state index is 11.8. The van der Waals surface area contributed by atoms with Gasteiger partial charge in [-0.1, -0.05) is 0 Å². The van der Waals surface area contributed by atoms with Gasteiger partial charge in [0.1, 0.15) is 5.82 Å². The average molecular weight is 314 g/mol. The van der Waals surface area contributed by atoms with Crippen LogP contribution in [0.4, 0.5) is 5.82 Å². The zero-order valence-corrected chi connectivity index (χ0v) is 11.8. The molecule has 0 radical (unpaired) electrons. The SMILES string of the molecule is Cc1nc(NC(=O)CC2CNCCO2)ccc1Br. The number of ether oxygens (including phenoxy) is 1. The van der Waals surface area contributed by atoms with E-state index in [2.05, 4.69) is 31.5 Å². The summed E-state index contributed by atoms with van der Waals surface area (Å²) < 4.78 is 6.41. The number of anilines is 1. The minimum Gasteiger partial charge on any atom is -0.375 e. The normalized spacial score (nSPS) is 19.6. The maximum absolute atomic E-state index is 11.8. The van der Waals surface area contributed by atoms with Crippen molar-refractivity contribution in [2.24, 2.45) is 0 Å². The number of hydrogen-bond acceptors (Lipinski definition) is 4. The Bertz CT molecular complexity index is 433. The first kappa shape index (κ1) is 13.5. The van der Waals surface area contributed by atoms with Crippen LogP contribution in [-0.4, -0.2) is 36.7 Å². The highest BCUT2D eigenvalue weighted by Crippen LogP contribution is 2.16. The predicted molar refractivity (Wildman–Crippen MR) is 72.5 cm³/mol. The molecule has 0 aromatic carbocycles. The molecule has 2 rings (SSSR count). The zero-order valence-electron chi connectivity index (χ0n) is 10.2. The molecule has 1 aromatic heterocycles. The minimum atomic E-state index is -0.0714. The number of hydrogen-bond donors (Lipinski definition) is 2. The van der Waals surface area contributed by atoms with Gasteiger partial charge in [-0.25, -0.2) is 4.98 Å². The summed E-state index contributed by atoms with van der Waals surface area (Å²) in [5, 5.41) is 5.97. The lowest BCUT2D eigenvalue weighted by molar-refractivity contribution is -0.119. The van der Waals surface area contributed by atoms with Gasteiger partial charge >= 0.3 is 0 Å². The quantitative estimate of drug-likeness (QED) is 0.887. The van der Waals surface area contributed by atoms with Crippen LogP contribution in [0.25, 0.3) is 0 Å². The second-order valence-electron chi connectivity index (χ2n) is 4.21. The molecular formula is C12H16BrN3O2. The molecule has 1 saturated heterocycles. The van der Waals surface area contributed by atoms with Crippen molar-refractivity contribution in [1.82, 2.24) is 10.3 Å². The molecule has 6 heteroatoms. The van der Waals surface area contributed by atoms with Crippen LogP contribution in [0.5, 0.6) is 0 Å². The molecule has 1 amide bonds. The summed E-state index contributed by atoms with van der Waals surface area (Å²) in [7, 11) is 0. The first-order chi connectivity index (χ1) is 8.65. The van der Waals surface area contributed by atoms with E-state index in [1.54, 1.807) is 6.07 Å². The monoisotopic (exact) mass is 313 g/mol. The van der Waals surface area contributed by atoms with Crippen molar-refractivity contribution < 1.29 is 9.53 Å². The second kappa shape index (κ2) is 6.26. The van der Waals surface area contributed by atoms with Crippen LogP contribution in [0.15, 0.2) is 16.6 Å². The van der Waals surface area contributed by atoms with Gasteiger partial charge in [-0.15, -0.1) is 0 Å². The van der Waals surface area contributed by atoms with E-state index in [4.69, 9.17) is 4.74 Å². The fourth-order valence-corrected chi connectivity index (χ4v) is 1.99. The number of rotatable bonds is 3. The first-order valence-electron chi connectivity index (χ1n) is 5.90. The molecule has 5 nitrogen and oxygen atoms in total. The van der Waals surface area contributed by atoms with E-state index in [-0.39, 0.29) is 12.0 Å². The highest BCUT2D eigenvalue weighted by atomic mass is 79.9. The molecule has 2 N–H and O–H groups in total. The largest absolute Gasteiger partial charge is 0.375 e. The summed E-state index contributed by atoms with van der Waals surface area (Å²) in [5.74, 6) is 0.502. The number of nitrogens with zero attached hydrogens (tertiary/aromatic N) is 1. The van der Waals surface area contributed by atoms with Crippen molar-refractivity contribution in [1.29, 1.82) is 0 Å². The number of nitrogens with one attached hydrogen (secondary N) is 2.